The number of nitrogens with zero attached hydrogens (tertiary/aromatic N) is 4. The number of piperazine rings is 1. The Bertz CT molecular complexity index is 633. The van der Waals surface area contributed by atoms with Gasteiger partial charge in [-0.3, -0.25) is 9.79 Å². The fourth-order valence-corrected chi connectivity index (χ4v) is 3.31. The third-order valence-electron chi connectivity index (χ3n) is 4.54. The van der Waals surface area contributed by atoms with Crippen molar-refractivity contribution in [3.63, 3.8) is 0 Å². The zero-order chi connectivity index (χ0) is 19.6. The van der Waals surface area contributed by atoms with Gasteiger partial charge in [0, 0.05) is 44.3 Å². The molecule has 0 aliphatic carbocycles. The summed E-state index contributed by atoms with van der Waals surface area (Å²) in [6.07, 6.45) is 1.44. The molecule has 1 aliphatic heterocycles. The van der Waals surface area contributed by atoms with Crippen LogP contribution in [0.1, 0.15) is 18.9 Å². The van der Waals surface area contributed by atoms with Crippen LogP contribution in [0.4, 0.5) is 0 Å². The molecular formula is C20H33ClIN5O. The molecule has 158 valence electrons. The second-order valence-corrected chi connectivity index (χ2v) is 7.50. The summed E-state index contributed by atoms with van der Waals surface area (Å²) in [5, 5.41) is 4.05. The molecule has 1 amide bonds. The second-order valence-electron chi connectivity index (χ2n) is 7.07. The van der Waals surface area contributed by atoms with Crippen molar-refractivity contribution < 1.29 is 4.79 Å². The highest BCUT2D eigenvalue weighted by molar-refractivity contribution is 14.0. The minimum absolute atomic E-state index is 0. The highest BCUT2D eigenvalue weighted by Gasteiger charge is 2.23. The number of rotatable bonds is 7. The fraction of sp³-hybridized carbons (Fsp3) is 0.600. The van der Waals surface area contributed by atoms with Crippen molar-refractivity contribution in [3.05, 3.63) is 34.9 Å². The van der Waals surface area contributed by atoms with Gasteiger partial charge in [-0.1, -0.05) is 23.7 Å². The maximum atomic E-state index is 12.6. The molecule has 0 radical (unpaired) electrons. The summed E-state index contributed by atoms with van der Waals surface area (Å²) >= 11 is 6.01. The van der Waals surface area contributed by atoms with E-state index in [1.165, 1.54) is 0 Å². The first-order valence-corrected chi connectivity index (χ1v) is 10.1. The van der Waals surface area contributed by atoms with Gasteiger partial charge in [0.1, 0.15) is 0 Å². The molecule has 0 bridgehead atoms. The summed E-state index contributed by atoms with van der Waals surface area (Å²) in [4.78, 5) is 23.7. The minimum atomic E-state index is 0. The molecule has 0 aromatic heterocycles. The number of amides is 1. The first-order chi connectivity index (χ1) is 13.0. The molecule has 8 heteroatoms. The predicted octanol–water partition coefficient (Wildman–Crippen LogP) is 2.56. The standard InChI is InChI=1S/C20H32ClN5O.HI/c1-4-22-20(23-9-6-10-24(2)3)26-13-11-25(12-14-26)19(27)16-17-7-5-8-18(21)15-17;/h5,7-8,15H,4,6,9-14,16H2,1-3H3,(H,22,23);1H. The summed E-state index contributed by atoms with van der Waals surface area (Å²) in [5.41, 5.74) is 0.964. The Hall–Kier alpha value is -1.06. The van der Waals surface area contributed by atoms with Crippen LogP contribution in [0, 0.1) is 0 Å². The minimum Gasteiger partial charge on any atom is -0.357 e. The lowest BCUT2D eigenvalue weighted by atomic mass is 10.1. The van der Waals surface area contributed by atoms with Gasteiger partial charge in [-0.05, 0) is 51.7 Å². The van der Waals surface area contributed by atoms with Crippen molar-refractivity contribution in [1.29, 1.82) is 0 Å². The summed E-state index contributed by atoms with van der Waals surface area (Å²) in [5.74, 6) is 1.11. The predicted molar refractivity (Wildman–Crippen MR) is 128 cm³/mol. The summed E-state index contributed by atoms with van der Waals surface area (Å²) in [7, 11) is 4.16. The molecule has 6 nitrogen and oxygen atoms in total. The molecule has 1 aliphatic rings. The van der Waals surface area contributed by atoms with E-state index in [1.54, 1.807) is 0 Å². The van der Waals surface area contributed by atoms with Crippen LogP contribution in [-0.4, -0.2) is 86.5 Å². The highest BCUT2D eigenvalue weighted by atomic mass is 127. The van der Waals surface area contributed by atoms with Crippen LogP contribution < -0.4 is 5.32 Å². The maximum Gasteiger partial charge on any atom is 0.227 e. The first kappa shape index (κ1) is 25.0. The van der Waals surface area contributed by atoms with Gasteiger partial charge < -0.3 is 20.0 Å². The van der Waals surface area contributed by atoms with Gasteiger partial charge in [-0.2, -0.15) is 0 Å². The van der Waals surface area contributed by atoms with E-state index in [-0.39, 0.29) is 29.9 Å². The molecule has 1 aromatic carbocycles. The maximum absolute atomic E-state index is 12.6. The summed E-state index contributed by atoms with van der Waals surface area (Å²) < 4.78 is 0. The Morgan fingerprint density at radius 3 is 2.50 bits per heavy atom. The molecular weight excluding hydrogens is 489 g/mol. The average Bonchev–Trinajstić information content (AvgIpc) is 2.64. The number of hydrogen-bond donors (Lipinski definition) is 1. The average molecular weight is 522 g/mol. The number of benzene rings is 1. The van der Waals surface area contributed by atoms with Crippen molar-refractivity contribution >= 4 is 47.4 Å². The molecule has 0 unspecified atom stereocenters. The van der Waals surface area contributed by atoms with E-state index in [0.29, 0.717) is 11.4 Å². The lowest BCUT2D eigenvalue weighted by Gasteiger charge is -2.36. The molecule has 1 N–H and O–H groups in total. The van der Waals surface area contributed by atoms with Crippen LogP contribution in [0.5, 0.6) is 0 Å². The molecule has 1 aromatic rings. The third kappa shape index (κ3) is 8.53. The zero-order valence-corrected chi connectivity index (χ0v) is 20.2. The molecule has 1 fully saturated rings. The molecule has 2 rings (SSSR count). The normalized spacial score (nSPS) is 14.8. The van der Waals surface area contributed by atoms with Crippen LogP contribution in [0.25, 0.3) is 0 Å². The van der Waals surface area contributed by atoms with Crippen LogP contribution in [-0.2, 0) is 11.2 Å². The van der Waals surface area contributed by atoms with Gasteiger partial charge in [-0.25, -0.2) is 0 Å². The Morgan fingerprint density at radius 2 is 1.89 bits per heavy atom. The topological polar surface area (TPSA) is 51.2 Å². The van der Waals surface area contributed by atoms with E-state index >= 15 is 0 Å². The molecule has 28 heavy (non-hydrogen) atoms. The molecule has 0 atom stereocenters. The first-order valence-electron chi connectivity index (χ1n) is 9.69. The Kier molecular flexibility index (Phi) is 11.8. The van der Waals surface area contributed by atoms with Crippen molar-refractivity contribution in [1.82, 2.24) is 20.0 Å². The van der Waals surface area contributed by atoms with Crippen molar-refractivity contribution in [2.45, 2.75) is 19.8 Å². The molecule has 1 saturated heterocycles. The van der Waals surface area contributed by atoms with Gasteiger partial charge in [0.05, 0.1) is 6.42 Å². The summed E-state index contributed by atoms with van der Waals surface area (Å²) in [6, 6.07) is 7.52. The Morgan fingerprint density at radius 1 is 1.21 bits per heavy atom. The second kappa shape index (κ2) is 13.2. The van der Waals surface area contributed by atoms with E-state index in [9.17, 15) is 4.79 Å². The van der Waals surface area contributed by atoms with Gasteiger partial charge in [0.15, 0.2) is 5.96 Å². The van der Waals surface area contributed by atoms with Crippen molar-refractivity contribution in [2.24, 2.45) is 4.99 Å². The van der Waals surface area contributed by atoms with E-state index in [2.05, 4.69) is 36.1 Å². The van der Waals surface area contributed by atoms with E-state index in [4.69, 9.17) is 16.6 Å². The van der Waals surface area contributed by atoms with Gasteiger partial charge >= 0.3 is 0 Å². The summed E-state index contributed by atoms with van der Waals surface area (Å²) in [6.45, 7) is 7.84. The Labute approximate surface area is 191 Å². The van der Waals surface area contributed by atoms with Crippen molar-refractivity contribution in [2.75, 3.05) is 59.9 Å². The SMILES string of the molecule is CCNC(=NCCCN(C)C)N1CCN(C(=O)Cc2cccc(Cl)c2)CC1.I. The highest BCUT2D eigenvalue weighted by Crippen LogP contribution is 2.13. The van der Waals surface area contributed by atoms with Gasteiger partial charge in [0.2, 0.25) is 5.91 Å². The molecule has 0 saturated carbocycles. The van der Waals surface area contributed by atoms with E-state index in [1.807, 2.05) is 29.2 Å². The zero-order valence-electron chi connectivity index (χ0n) is 17.2. The Balaban J connectivity index is 0.00000392. The molecule has 0 spiro atoms. The van der Waals surface area contributed by atoms with Crippen LogP contribution in [0.2, 0.25) is 5.02 Å². The van der Waals surface area contributed by atoms with Gasteiger partial charge in [0.25, 0.3) is 0 Å². The van der Waals surface area contributed by atoms with Gasteiger partial charge in [-0.15, -0.1) is 24.0 Å². The van der Waals surface area contributed by atoms with Crippen LogP contribution >= 0.6 is 35.6 Å². The lowest BCUT2D eigenvalue weighted by Crippen LogP contribution is -2.54. The van der Waals surface area contributed by atoms with Crippen LogP contribution in [0.15, 0.2) is 29.3 Å². The van der Waals surface area contributed by atoms with Crippen molar-refractivity contribution in [3.8, 4) is 0 Å². The number of hydrogen-bond acceptors (Lipinski definition) is 3. The number of nitrogens with one attached hydrogen (secondary N) is 1. The lowest BCUT2D eigenvalue weighted by molar-refractivity contribution is -0.131. The number of carbonyl (C=O) groups excluding carboxylic acids is 1. The van der Waals surface area contributed by atoms with Crippen LogP contribution in [0.3, 0.4) is 0 Å². The largest absolute Gasteiger partial charge is 0.357 e. The monoisotopic (exact) mass is 521 g/mol. The fourth-order valence-electron chi connectivity index (χ4n) is 3.10. The number of aliphatic imine (C=N–C) groups is 1. The number of carbonyl (C=O) groups is 1. The molecule has 1 heterocycles. The van der Waals surface area contributed by atoms with E-state index in [0.717, 1.165) is 63.8 Å². The quantitative estimate of drug-likeness (QED) is 0.259. The smallest absolute Gasteiger partial charge is 0.227 e. The van der Waals surface area contributed by atoms with E-state index < -0.39 is 0 Å². The third-order valence-corrected chi connectivity index (χ3v) is 4.77. The number of guanidine groups is 1. The number of halogens is 2.